The molecule has 1 amide bonds. The fourth-order valence-electron chi connectivity index (χ4n) is 3.17. The SMILES string of the molecule is C[C@H](C(=O)Nc1ccc(-c2ccnn2C)cc1)n1ncc2cc(F)c(F)cc2c1=O. The minimum Gasteiger partial charge on any atom is -0.324 e. The Kier molecular flexibility index (Phi) is 4.86. The molecule has 0 aliphatic heterocycles. The molecule has 2 aromatic heterocycles. The third-order valence-corrected chi connectivity index (χ3v) is 4.87. The standard InChI is InChI=1S/C21H17F2N5O2/c1-12(28-21(30)16-10-18(23)17(22)9-14(16)11-25-28)20(29)26-15-5-3-13(4-6-15)19-7-8-24-27(19)2/h3-12H,1-2H3,(H,26,29)/t12-/m1/s1. The number of aromatic nitrogens is 4. The van der Waals surface area contributed by atoms with E-state index in [-0.39, 0.29) is 10.8 Å². The van der Waals surface area contributed by atoms with Crippen LogP contribution in [0.1, 0.15) is 13.0 Å². The monoisotopic (exact) mass is 409 g/mol. The fraction of sp³-hybridized carbons (Fsp3) is 0.143. The number of anilines is 1. The number of benzene rings is 2. The number of hydrogen-bond acceptors (Lipinski definition) is 4. The van der Waals surface area contributed by atoms with Gasteiger partial charge >= 0.3 is 0 Å². The Hall–Kier alpha value is -3.88. The molecule has 0 aliphatic rings. The smallest absolute Gasteiger partial charge is 0.275 e. The van der Waals surface area contributed by atoms with Gasteiger partial charge in [-0.05, 0) is 42.8 Å². The number of carbonyl (C=O) groups is 1. The number of carbonyl (C=O) groups excluding carboxylic acids is 1. The van der Waals surface area contributed by atoms with Gasteiger partial charge in [-0.2, -0.15) is 10.2 Å². The van der Waals surface area contributed by atoms with Crippen molar-refractivity contribution >= 4 is 22.4 Å². The number of amides is 1. The van der Waals surface area contributed by atoms with E-state index in [1.807, 2.05) is 25.2 Å². The van der Waals surface area contributed by atoms with Gasteiger partial charge in [0.15, 0.2) is 11.6 Å². The summed E-state index contributed by atoms with van der Waals surface area (Å²) in [7, 11) is 1.83. The van der Waals surface area contributed by atoms with Gasteiger partial charge in [-0.3, -0.25) is 14.3 Å². The first kappa shape index (κ1) is 19.4. The van der Waals surface area contributed by atoms with Crippen LogP contribution in [-0.4, -0.2) is 25.5 Å². The second-order valence-corrected chi connectivity index (χ2v) is 6.83. The Morgan fingerprint density at radius 3 is 2.43 bits per heavy atom. The van der Waals surface area contributed by atoms with Crippen molar-refractivity contribution in [2.24, 2.45) is 7.05 Å². The van der Waals surface area contributed by atoms with Crippen molar-refractivity contribution in [1.82, 2.24) is 19.6 Å². The Balaban J connectivity index is 1.57. The molecule has 0 saturated carbocycles. The van der Waals surface area contributed by atoms with Crippen molar-refractivity contribution < 1.29 is 13.6 Å². The highest BCUT2D eigenvalue weighted by molar-refractivity contribution is 5.93. The lowest BCUT2D eigenvalue weighted by Crippen LogP contribution is -2.33. The number of nitrogens with zero attached hydrogens (tertiary/aromatic N) is 4. The normalized spacial score (nSPS) is 12.1. The molecular weight excluding hydrogens is 392 g/mol. The Morgan fingerprint density at radius 1 is 1.07 bits per heavy atom. The van der Waals surface area contributed by atoms with Crippen molar-refractivity contribution in [2.45, 2.75) is 13.0 Å². The average molecular weight is 409 g/mol. The van der Waals surface area contributed by atoms with Gasteiger partial charge in [0.25, 0.3) is 5.56 Å². The van der Waals surface area contributed by atoms with Gasteiger partial charge in [0, 0.05) is 24.3 Å². The summed E-state index contributed by atoms with van der Waals surface area (Å²) in [5.74, 6) is -2.68. The lowest BCUT2D eigenvalue weighted by Gasteiger charge is -2.15. The minimum absolute atomic E-state index is 0.0518. The summed E-state index contributed by atoms with van der Waals surface area (Å²) in [6.45, 7) is 1.50. The molecule has 2 heterocycles. The van der Waals surface area contributed by atoms with Crippen LogP contribution in [0.5, 0.6) is 0 Å². The van der Waals surface area contributed by atoms with Crippen molar-refractivity contribution in [3.05, 3.63) is 76.8 Å². The Morgan fingerprint density at radius 2 is 1.77 bits per heavy atom. The predicted octanol–water partition coefficient (Wildman–Crippen LogP) is 3.27. The van der Waals surface area contributed by atoms with Crippen LogP contribution in [0, 0.1) is 11.6 Å². The van der Waals surface area contributed by atoms with Crippen LogP contribution in [0.2, 0.25) is 0 Å². The van der Waals surface area contributed by atoms with Crippen LogP contribution in [0.3, 0.4) is 0 Å². The molecular formula is C21H17F2N5O2. The molecule has 0 bridgehead atoms. The molecule has 0 unspecified atom stereocenters. The van der Waals surface area contributed by atoms with Crippen LogP contribution in [0.4, 0.5) is 14.5 Å². The van der Waals surface area contributed by atoms with Gasteiger partial charge in [0.05, 0.1) is 17.3 Å². The van der Waals surface area contributed by atoms with E-state index in [1.165, 1.54) is 13.1 Å². The number of nitrogens with one attached hydrogen (secondary N) is 1. The summed E-state index contributed by atoms with van der Waals surface area (Å²) in [5, 5.41) is 10.9. The van der Waals surface area contributed by atoms with E-state index in [9.17, 15) is 18.4 Å². The highest BCUT2D eigenvalue weighted by Gasteiger charge is 2.19. The maximum Gasteiger partial charge on any atom is 0.275 e. The van der Waals surface area contributed by atoms with Crippen LogP contribution in [0.15, 0.2) is 59.7 Å². The number of hydrogen-bond donors (Lipinski definition) is 1. The Bertz CT molecular complexity index is 1310. The zero-order valence-electron chi connectivity index (χ0n) is 16.1. The molecule has 1 N–H and O–H groups in total. The number of fused-ring (bicyclic) bond motifs is 1. The van der Waals surface area contributed by atoms with Gasteiger partial charge in [0.1, 0.15) is 6.04 Å². The zero-order chi connectivity index (χ0) is 21.4. The van der Waals surface area contributed by atoms with E-state index in [4.69, 9.17) is 0 Å². The van der Waals surface area contributed by atoms with Crippen LogP contribution in [0.25, 0.3) is 22.0 Å². The van der Waals surface area contributed by atoms with E-state index >= 15 is 0 Å². The molecule has 0 fully saturated rings. The van der Waals surface area contributed by atoms with Crippen molar-refractivity contribution in [1.29, 1.82) is 0 Å². The molecule has 9 heteroatoms. The third-order valence-electron chi connectivity index (χ3n) is 4.87. The summed E-state index contributed by atoms with van der Waals surface area (Å²) >= 11 is 0. The lowest BCUT2D eigenvalue weighted by atomic mass is 10.1. The zero-order valence-corrected chi connectivity index (χ0v) is 16.1. The molecule has 0 aliphatic carbocycles. The highest BCUT2D eigenvalue weighted by Crippen LogP contribution is 2.21. The fourth-order valence-corrected chi connectivity index (χ4v) is 3.17. The summed E-state index contributed by atoms with van der Waals surface area (Å²) in [5.41, 5.74) is 1.72. The van der Waals surface area contributed by atoms with Gasteiger partial charge in [-0.25, -0.2) is 13.5 Å². The second-order valence-electron chi connectivity index (χ2n) is 6.83. The maximum atomic E-state index is 13.5. The van der Waals surface area contributed by atoms with Gasteiger partial charge < -0.3 is 5.32 Å². The summed E-state index contributed by atoms with van der Waals surface area (Å²) in [6.07, 6.45) is 2.92. The van der Waals surface area contributed by atoms with E-state index in [0.29, 0.717) is 5.69 Å². The van der Waals surface area contributed by atoms with Crippen molar-refractivity contribution in [3.8, 4) is 11.3 Å². The molecule has 4 rings (SSSR count). The maximum absolute atomic E-state index is 13.5. The molecule has 7 nitrogen and oxygen atoms in total. The molecule has 0 radical (unpaired) electrons. The number of halogens is 2. The molecule has 0 saturated heterocycles. The molecule has 1 atom stereocenters. The summed E-state index contributed by atoms with van der Waals surface area (Å²) in [6, 6.07) is 9.78. The van der Waals surface area contributed by atoms with Crippen molar-refractivity contribution in [2.75, 3.05) is 5.32 Å². The van der Waals surface area contributed by atoms with E-state index < -0.39 is 29.1 Å². The number of aryl methyl sites for hydroxylation is 1. The molecule has 2 aromatic carbocycles. The summed E-state index contributed by atoms with van der Waals surface area (Å²) in [4.78, 5) is 25.3. The highest BCUT2D eigenvalue weighted by atomic mass is 19.2. The van der Waals surface area contributed by atoms with E-state index in [1.54, 1.807) is 23.0 Å². The second kappa shape index (κ2) is 7.51. The minimum atomic E-state index is -1.14. The molecule has 4 aromatic rings. The van der Waals surface area contributed by atoms with E-state index in [2.05, 4.69) is 15.5 Å². The largest absolute Gasteiger partial charge is 0.324 e. The van der Waals surface area contributed by atoms with Gasteiger partial charge in [-0.15, -0.1) is 0 Å². The topological polar surface area (TPSA) is 81.8 Å². The molecule has 0 spiro atoms. The average Bonchev–Trinajstić information content (AvgIpc) is 3.16. The molecule has 152 valence electrons. The molecule has 30 heavy (non-hydrogen) atoms. The van der Waals surface area contributed by atoms with Gasteiger partial charge in [-0.1, -0.05) is 12.1 Å². The first-order valence-electron chi connectivity index (χ1n) is 9.11. The van der Waals surface area contributed by atoms with Crippen LogP contribution in [-0.2, 0) is 11.8 Å². The lowest BCUT2D eigenvalue weighted by molar-refractivity contribution is -0.119. The first-order chi connectivity index (χ1) is 14.3. The third kappa shape index (κ3) is 3.45. The van der Waals surface area contributed by atoms with Crippen LogP contribution < -0.4 is 10.9 Å². The van der Waals surface area contributed by atoms with E-state index in [0.717, 1.165) is 28.1 Å². The van der Waals surface area contributed by atoms with Gasteiger partial charge in [0.2, 0.25) is 5.91 Å². The first-order valence-corrected chi connectivity index (χ1v) is 9.11. The predicted molar refractivity (Wildman–Crippen MR) is 108 cm³/mol. The number of rotatable bonds is 4. The van der Waals surface area contributed by atoms with Crippen LogP contribution >= 0.6 is 0 Å². The summed E-state index contributed by atoms with van der Waals surface area (Å²) < 4.78 is 29.6. The van der Waals surface area contributed by atoms with Crippen molar-refractivity contribution in [3.63, 3.8) is 0 Å². The Labute approximate surface area is 169 Å². The quantitative estimate of drug-likeness (QED) is 0.561.